The molecule has 0 saturated carbocycles. The van der Waals surface area contributed by atoms with Gasteiger partial charge in [-0.05, 0) is 46.7 Å². The van der Waals surface area contributed by atoms with Crippen LogP contribution in [0.1, 0.15) is 47.5 Å². The van der Waals surface area contributed by atoms with Gasteiger partial charge < -0.3 is 4.90 Å². The van der Waals surface area contributed by atoms with Crippen LogP contribution in [0.3, 0.4) is 0 Å². The Kier molecular flexibility index (Phi) is 8.19. The lowest BCUT2D eigenvalue weighted by Gasteiger charge is -2.46. The molecule has 0 atom stereocenters. The second-order valence-corrected chi connectivity index (χ2v) is 6.77. The topological polar surface area (TPSA) is 9.72 Å². The lowest BCUT2D eigenvalue weighted by atomic mass is 10.0. The van der Waals surface area contributed by atoms with E-state index in [-0.39, 0.29) is 0 Å². The first-order valence-electron chi connectivity index (χ1n) is 8.99. The van der Waals surface area contributed by atoms with Crippen LogP contribution >= 0.6 is 0 Å². The van der Waals surface area contributed by atoms with E-state index >= 15 is 0 Å². The zero-order valence-electron chi connectivity index (χ0n) is 15.9. The third-order valence-corrected chi connectivity index (χ3v) is 4.86. The first-order valence-corrected chi connectivity index (χ1v) is 8.99. The van der Waals surface area contributed by atoms with Crippen LogP contribution in [0.5, 0.6) is 0 Å². The predicted octanol–water partition coefficient (Wildman–Crippen LogP) is 3.59. The van der Waals surface area contributed by atoms with Gasteiger partial charge in [0.1, 0.15) is 0 Å². The maximum absolute atomic E-state index is 2.54. The fourth-order valence-electron chi connectivity index (χ4n) is 2.87. The second kappa shape index (κ2) is 9.36. The lowest BCUT2D eigenvalue weighted by Crippen LogP contribution is -2.60. The monoisotopic (exact) mass is 307 g/mol. The molecule has 1 saturated heterocycles. The second-order valence-electron chi connectivity index (χ2n) is 6.77. The standard InChI is InChI=1S/C17H31N3.C2H6/c1-14(2)20-12-17(13-20)19(5)11-10-18(4)16-8-6-15(3)7-9-16;1-2/h6,8,14,17H,7,9-13H2,1-5H3;1-2H3. The van der Waals surface area contributed by atoms with E-state index in [1.807, 2.05) is 13.8 Å². The molecule has 0 spiro atoms. The minimum Gasteiger partial charge on any atom is -0.377 e. The molecule has 0 amide bonds. The molecule has 2 rings (SSSR count). The molecule has 0 aromatic rings. The van der Waals surface area contributed by atoms with Crippen LogP contribution in [0, 0.1) is 0 Å². The van der Waals surface area contributed by atoms with E-state index in [1.54, 1.807) is 0 Å². The van der Waals surface area contributed by atoms with E-state index < -0.39 is 0 Å². The van der Waals surface area contributed by atoms with E-state index in [4.69, 9.17) is 0 Å². The number of likely N-dealkylation sites (tertiary alicyclic amines) is 1. The zero-order valence-corrected chi connectivity index (χ0v) is 15.9. The Bertz CT molecular complexity index is 378. The van der Waals surface area contributed by atoms with Crippen LogP contribution in [-0.2, 0) is 0 Å². The van der Waals surface area contributed by atoms with Gasteiger partial charge in [-0.3, -0.25) is 9.80 Å². The van der Waals surface area contributed by atoms with Crippen molar-refractivity contribution >= 4 is 0 Å². The normalized spacial score (nSPS) is 19.3. The van der Waals surface area contributed by atoms with E-state index in [0.717, 1.165) is 19.1 Å². The summed E-state index contributed by atoms with van der Waals surface area (Å²) in [5, 5.41) is 0. The summed E-state index contributed by atoms with van der Waals surface area (Å²) in [7, 11) is 4.50. The fourth-order valence-corrected chi connectivity index (χ4v) is 2.87. The van der Waals surface area contributed by atoms with Crippen LogP contribution in [0.2, 0.25) is 0 Å². The number of hydrogen-bond donors (Lipinski definition) is 0. The summed E-state index contributed by atoms with van der Waals surface area (Å²) < 4.78 is 0. The van der Waals surface area contributed by atoms with Crippen molar-refractivity contribution in [3.63, 3.8) is 0 Å². The van der Waals surface area contributed by atoms with Crippen LogP contribution in [0.4, 0.5) is 0 Å². The molecule has 2 aliphatic rings. The van der Waals surface area contributed by atoms with Crippen molar-refractivity contribution in [2.45, 2.75) is 59.5 Å². The minimum atomic E-state index is 0.699. The highest BCUT2D eigenvalue weighted by atomic mass is 15.3. The third kappa shape index (κ3) is 5.44. The Labute approximate surface area is 138 Å². The van der Waals surface area contributed by atoms with Crippen molar-refractivity contribution in [1.82, 2.24) is 14.7 Å². The first kappa shape index (κ1) is 19.2. The van der Waals surface area contributed by atoms with E-state index in [2.05, 4.69) is 61.7 Å². The van der Waals surface area contributed by atoms with Crippen LogP contribution in [0.15, 0.2) is 23.4 Å². The number of rotatable bonds is 6. The van der Waals surface area contributed by atoms with E-state index in [1.165, 1.54) is 37.2 Å². The Balaban J connectivity index is 0.00000116. The summed E-state index contributed by atoms with van der Waals surface area (Å²) >= 11 is 0. The smallest absolute Gasteiger partial charge is 0.0348 e. The number of allylic oxidation sites excluding steroid dienone is 4. The van der Waals surface area contributed by atoms with Gasteiger partial charge in [0.05, 0.1) is 0 Å². The zero-order chi connectivity index (χ0) is 16.7. The van der Waals surface area contributed by atoms with Crippen molar-refractivity contribution in [3.05, 3.63) is 23.4 Å². The molecule has 22 heavy (non-hydrogen) atoms. The first-order chi connectivity index (χ1) is 10.5. The molecule has 1 aliphatic heterocycles. The van der Waals surface area contributed by atoms with Crippen molar-refractivity contribution < 1.29 is 0 Å². The molecule has 0 radical (unpaired) electrons. The predicted molar refractivity (Wildman–Crippen MR) is 98.2 cm³/mol. The van der Waals surface area contributed by atoms with Gasteiger partial charge in [0.2, 0.25) is 0 Å². The summed E-state index contributed by atoms with van der Waals surface area (Å²) in [5.74, 6) is 0. The van der Waals surface area contributed by atoms with Gasteiger partial charge in [-0.25, -0.2) is 0 Å². The third-order valence-electron chi connectivity index (χ3n) is 4.86. The average molecular weight is 308 g/mol. The average Bonchev–Trinajstić information content (AvgIpc) is 2.45. The fraction of sp³-hybridized carbons (Fsp3) is 0.789. The van der Waals surface area contributed by atoms with Gasteiger partial charge in [-0.15, -0.1) is 0 Å². The SMILES string of the molecule is CC.CC1=CC=C(N(C)CCN(C)C2CN(C(C)C)C2)CC1. The highest BCUT2D eigenvalue weighted by Gasteiger charge is 2.31. The van der Waals surface area contributed by atoms with E-state index in [0.29, 0.717) is 6.04 Å². The Morgan fingerprint density at radius 2 is 1.73 bits per heavy atom. The Hall–Kier alpha value is -0.800. The van der Waals surface area contributed by atoms with Crippen molar-refractivity contribution in [2.75, 3.05) is 40.3 Å². The van der Waals surface area contributed by atoms with Gasteiger partial charge in [0, 0.05) is 51.0 Å². The van der Waals surface area contributed by atoms with Crippen molar-refractivity contribution in [2.24, 2.45) is 0 Å². The van der Waals surface area contributed by atoms with Gasteiger partial charge >= 0.3 is 0 Å². The molecule has 1 heterocycles. The summed E-state index contributed by atoms with van der Waals surface area (Å²) in [6.45, 7) is 15.6. The Morgan fingerprint density at radius 3 is 2.23 bits per heavy atom. The summed E-state index contributed by atoms with van der Waals surface area (Å²) in [5.41, 5.74) is 2.99. The highest BCUT2D eigenvalue weighted by Crippen LogP contribution is 2.20. The summed E-state index contributed by atoms with van der Waals surface area (Å²) in [6, 6.07) is 1.46. The molecule has 1 fully saturated rings. The molecule has 1 aliphatic carbocycles. The number of nitrogens with zero attached hydrogens (tertiary/aromatic N) is 3. The van der Waals surface area contributed by atoms with Gasteiger partial charge in [0.25, 0.3) is 0 Å². The molecule has 3 nitrogen and oxygen atoms in total. The molecule has 0 bridgehead atoms. The van der Waals surface area contributed by atoms with Gasteiger partial charge in [-0.2, -0.15) is 0 Å². The largest absolute Gasteiger partial charge is 0.377 e. The molecule has 0 aromatic carbocycles. The molecule has 0 unspecified atom stereocenters. The van der Waals surface area contributed by atoms with Crippen LogP contribution in [-0.4, -0.2) is 67.1 Å². The quantitative estimate of drug-likeness (QED) is 0.742. The lowest BCUT2D eigenvalue weighted by molar-refractivity contribution is 0.0249. The summed E-state index contributed by atoms with van der Waals surface area (Å²) in [4.78, 5) is 7.50. The van der Waals surface area contributed by atoms with Crippen molar-refractivity contribution in [1.29, 1.82) is 0 Å². The molecule has 3 heteroatoms. The summed E-state index contributed by atoms with van der Waals surface area (Å²) in [6.07, 6.45) is 6.99. The molecule has 0 aromatic heterocycles. The highest BCUT2D eigenvalue weighted by molar-refractivity contribution is 5.21. The molecule has 128 valence electrons. The Morgan fingerprint density at radius 1 is 1.09 bits per heavy atom. The van der Waals surface area contributed by atoms with Crippen LogP contribution in [0.25, 0.3) is 0 Å². The van der Waals surface area contributed by atoms with Crippen molar-refractivity contribution in [3.8, 4) is 0 Å². The van der Waals surface area contributed by atoms with Gasteiger partial charge in [0.15, 0.2) is 0 Å². The maximum atomic E-state index is 2.54. The molecular formula is C19H37N3. The molecule has 0 N–H and O–H groups in total. The minimum absolute atomic E-state index is 0.699. The maximum Gasteiger partial charge on any atom is 0.0348 e. The van der Waals surface area contributed by atoms with Crippen LogP contribution < -0.4 is 0 Å². The number of hydrogen-bond acceptors (Lipinski definition) is 3. The molecular weight excluding hydrogens is 270 g/mol. The van der Waals surface area contributed by atoms with E-state index in [9.17, 15) is 0 Å². The van der Waals surface area contributed by atoms with Gasteiger partial charge in [-0.1, -0.05) is 25.5 Å². The number of likely N-dealkylation sites (N-methyl/N-ethyl adjacent to an activating group) is 2.